The number of benzene rings is 1. The molecule has 1 unspecified atom stereocenters. The van der Waals surface area contributed by atoms with Crippen LogP contribution in [0.5, 0.6) is 0 Å². The van der Waals surface area contributed by atoms with Crippen molar-refractivity contribution in [3.05, 3.63) is 47.2 Å². The van der Waals surface area contributed by atoms with Gasteiger partial charge in [0, 0.05) is 11.8 Å². The van der Waals surface area contributed by atoms with Gasteiger partial charge in [0.1, 0.15) is 5.70 Å². The summed E-state index contributed by atoms with van der Waals surface area (Å²) in [4.78, 5) is 20.4. The predicted octanol–water partition coefficient (Wildman–Crippen LogP) is 3.59. The summed E-state index contributed by atoms with van der Waals surface area (Å²) in [6.45, 7) is 7.97. The van der Waals surface area contributed by atoms with Crippen LogP contribution in [0.25, 0.3) is 0 Å². The van der Waals surface area contributed by atoms with Crippen LogP contribution in [0, 0.1) is 5.92 Å². The maximum absolute atomic E-state index is 12.0. The van der Waals surface area contributed by atoms with E-state index in [4.69, 9.17) is 5.73 Å². The van der Waals surface area contributed by atoms with Crippen molar-refractivity contribution in [1.29, 1.82) is 0 Å². The monoisotopic (exact) mass is 285 g/mol. The molecule has 0 fully saturated rings. The van der Waals surface area contributed by atoms with E-state index in [1.807, 2.05) is 26.1 Å². The number of nitrogens with zero attached hydrogens (tertiary/aromatic N) is 2. The first-order valence-corrected chi connectivity index (χ1v) is 7.11. The molecule has 0 saturated heterocycles. The highest BCUT2D eigenvalue weighted by Gasteiger charge is 2.08. The van der Waals surface area contributed by atoms with Gasteiger partial charge in [-0.05, 0) is 43.9 Å². The lowest BCUT2D eigenvalue weighted by Gasteiger charge is -2.06. The third kappa shape index (κ3) is 5.34. The van der Waals surface area contributed by atoms with Crippen molar-refractivity contribution in [3.63, 3.8) is 0 Å². The molecule has 0 radical (unpaired) electrons. The standard InChI is InChI=1S/C17H23N3O/c1-5-13(4)11-19-15(12(2)3)16(18)20-17(21)14-9-7-6-8-10-14/h6-11,13H,5H2,1-4H3,(H2,18,20,21). The summed E-state index contributed by atoms with van der Waals surface area (Å²) >= 11 is 0. The zero-order valence-electron chi connectivity index (χ0n) is 13.1. The number of carbonyl (C=O) groups excluding carboxylic acids is 1. The van der Waals surface area contributed by atoms with Crippen molar-refractivity contribution >= 4 is 18.0 Å². The molecule has 1 amide bonds. The van der Waals surface area contributed by atoms with Crippen molar-refractivity contribution in [1.82, 2.24) is 0 Å². The second kappa shape index (κ2) is 8.15. The molecule has 0 saturated carbocycles. The number of hydrogen-bond donors (Lipinski definition) is 1. The number of amidine groups is 1. The summed E-state index contributed by atoms with van der Waals surface area (Å²) in [5, 5.41) is 0. The van der Waals surface area contributed by atoms with Crippen molar-refractivity contribution in [3.8, 4) is 0 Å². The van der Waals surface area contributed by atoms with Crippen LogP contribution in [0.4, 0.5) is 0 Å². The van der Waals surface area contributed by atoms with E-state index in [1.165, 1.54) is 0 Å². The smallest absolute Gasteiger partial charge is 0.278 e. The van der Waals surface area contributed by atoms with Crippen molar-refractivity contribution in [2.24, 2.45) is 21.6 Å². The number of allylic oxidation sites excluding steroid dienone is 1. The minimum atomic E-state index is -0.356. The summed E-state index contributed by atoms with van der Waals surface area (Å²) in [5.41, 5.74) is 7.95. The van der Waals surface area contributed by atoms with E-state index in [9.17, 15) is 4.79 Å². The number of rotatable bonds is 5. The quantitative estimate of drug-likeness (QED) is 0.663. The molecule has 0 spiro atoms. The highest BCUT2D eigenvalue weighted by molar-refractivity contribution is 6.09. The molecule has 0 aliphatic carbocycles. The zero-order valence-corrected chi connectivity index (χ0v) is 13.1. The molecule has 0 aromatic heterocycles. The van der Waals surface area contributed by atoms with Gasteiger partial charge in [-0.25, -0.2) is 0 Å². The third-order valence-corrected chi connectivity index (χ3v) is 3.06. The second-order valence-corrected chi connectivity index (χ2v) is 5.18. The first-order chi connectivity index (χ1) is 9.95. The van der Waals surface area contributed by atoms with Gasteiger partial charge in [0.15, 0.2) is 5.84 Å². The highest BCUT2D eigenvalue weighted by atomic mass is 16.1. The Kier molecular flexibility index (Phi) is 6.53. The molecule has 1 aromatic carbocycles. The number of amides is 1. The van der Waals surface area contributed by atoms with E-state index < -0.39 is 0 Å². The van der Waals surface area contributed by atoms with Gasteiger partial charge in [-0.3, -0.25) is 9.79 Å². The van der Waals surface area contributed by atoms with Gasteiger partial charge >= 0.3 is 0 Å². The molecule has 0 bridgehead atoms. The first-order valence-electron chi connectivity index (χ1n) is 7.11. The molecule has 4 heteroatoms. The van der Waals surface area contributed by atoms with Crippen molar-refractivity contribution in [2.45, 2.75) is 34.1 Å². The molecule has 0 aliphatic heterocycles. The fourth-order valence-electron chi connectivity index (χ4n) is 1.57. The number of carbonyl (C=O) groups is 1. The van der Waals surface area contributed by atoms with Gasteiger partial charge in [0.2, 0.25) is 0 Å². The maximum Gasteiger partial charge on any atom is 0.278 e. The second-order valence-electron chi connectivity index (χ2n) is 5.18. The fraction of sp³-hybridized carbons (Fsp3) is 0.353. The normalized spacial score (nSPS) is 13.2. The van der Waals surface area contributed by atoms with Crippen LogP contribution in [0.15, 0.2) is 51.6 Å². The van der Waals surface area contributed by atoms with E-state index in [1.54, 1.807) is 24.3 Å². The Morgan fingerprint density at radius 2 is 1.90 bits per heavy atom. The Bertz CT molecular complexity index is 567. The number of aliphatic imine (C=N–C) groups is 2. The lowest BCUT2D eigenvalue weighted by molar-refractivity contribution is 0.100. The molecule has 112 valence electrons. The lowest BCUT2D eigenvalue weighted by atomic mass is 10.1. The number of nitrogens with two attached hydrogens (primary N) is 1. The Balaban J connectivity index is 3.00. The van der Waals surface area contributed by atoms with E-state index >= 15 is 0 Å². The van der Waals surface area contributed by atoms with E-state index in [-0.39, 0.29) is 11.7 Å². The van der Waals surface area contributed by atoms with E-state index in [0.29, 0.717) is 17.2 Å². The van der Waals surface area contributed by atoms with Crippen LogP contribution in [-0.4, -0.2) is 18.0 Å². The predicted molar refractivity (Wildman–Crippen MR) is 88.7 cm³/mol. The average Bonchev–Trinajstić information content (AvgIpc) is 2.47. The highest BCUT2D eigenvalue weighted by Crippen LogP contribution is 2.09. The SMILES string of the molecule is CCC(C)C=NC(C(N)=NC(=O)c1ccccc1)=C(C)C. The maximum atomic E-state index is 12.0. The van der Waals surface area contributed by atoms with Crippen molar-refractivity contribution in [2.75, 3.05) is 0 Å². The largest absolute Gasteiger partial charge is 0.382 e. The summed E-state index contributed by atoms with van der Waals surface area (Å²) in [5.74, 6) is 0.158. The minimum absolute atomic E-state index is 0.156. The van der Waals surface area contributed by atoms with Gasteiger partial charge in [0.05, 0.1) is 0 Å². The molecule has 2 N–H and O–H groups in total. The molecule has 1 atom stereocenters. The van der Waals surface area contributed by atoms with E-state index in [0.717, 1.165) is 12.0 Å². The van der Waals surface area contributed by atoms with E-state index in [2.05, 4.69) is 23.8 Å². The molecule has 0 aliphatic rings. The molecule has 1 aromatic rings. The van der Waals surface area contributed by atoms with Crippen LogP contribution in [0.2, 0.25) is 0 Å². The average molecular weight is 285 g/mol. The Morgan fingerprint density at radius 3 is 2.43 bits per heavy atom. The van der Waals surface area contributed by atoms with Gasteiger partial charge in [-0.2, -0.15) is 4.99 Å². The summed E-state index contributed by atoms with van der Waals surface area (Å²) in [6, 6.07) is 8.86. The number of hydrogen-bond acceptors (Lipinski definition) is 2. The van der Waals surface area contributed by atoms with Crippen LogP contribution < -0.4 is 5.73 Å². The van der Waals surface area contributed by atoms with Crippen LogP contribution >= 0.6 is 0 Å². The van der Waals surface area contributed by atoms with Gasteiger partial charge in [-0.1, -0.05) is 32.0 Å². The van der Waals surface area contributed by atoms with Crippen LogP contribution in [0.1, 0.15) is 44.5 Å². The van der Waals surface area contributed by atoms with Crippen molar-refractivity contribution < 1.29 is 4.79 Å². The summed E-state index contributed by atoms with van der Waals surface area (Å²) < 4.78 is 0. The van der Waals surface area contributed by atoms with Gasteiger partial charge in [0.25, 0.3) is 5.91 Å². The summed E-state index contributed by atoms with van der Waals surface area (Å²) in [6.07, 6.45) is 2.84. The zero-order chi connectivity index (χ0) is 15.8. The minimum Gasteiger partial charge on any atom is -0.382 e. The lowest BCUT2D eigenvalue weighted by Crippen LogP contribution is -2.18. The van der Waals surface area contributed by atoms with Crippen LogP contribution in [-0.2, 0) is 0 Å². The fourth-order valence-corrected chi connectivity index (χ4v) is 1.57. The first kappa shape index (κ1) is 16.8. The summed E-state index contributed by atoms with van der Waals surface area (Å²) in [7, 11) is 0. The Hall–Kier alpha value is -2.23. The molecule has 4 nitrogen and oxygen atoms in total. The van der Waals surface area contributed by atoms with Crippen LogP contribution in [0.3, 0.4) is 0 Å². The van der Waals surface area contributed by atoms with Gasteiger partial charge in [-0.15, -0.1) is 0 Å². The topological polar surface area (TPSA) is 67.8 Å². The Morgan fingerprint density at radius 1 is 1.29 bits per heavy atom. The molecule has 21 heavy (non-hydrogen) atoms. The molecular formula is C17H23N3O. The molecular weight excluding hydrogens is 262 g/mol. The molecule has 1 rings (SSSR count). The molecule has 0 heterocycles. The Labute approximate surface area is 126 Å². The van der Waals surface area contributed by atoms with Gasteiger partial charge < -0.3 is 5.73 Å². The third-order valence-electron chi connectivity index (χ3n) is 3.06.